The van der Waals surface area contributed by atoms with Crippen molar-refractivity contribution in [2.45, 2.75) is 0 Å². The number of thiophene rings is 1. The summed E-state index contributed by atoms with van der Waals surface area (Å²) in [4.78, 5) is 12.6. The second kappa shape index (κ2) is 6.54. The van der Waals surface area contributed by atoms with Gasteiger partial charge in [0.15, 0.2) is 0 Å². The lowest BCUT2D eigenvalue weighted by Gasteiger charge is -2.02. The van der Waals surface area contributed by atoms with Crippen molar-refractivity contribution in [2.75, 3.05) is 7.11 Å². The molecule has 0 bridgehead atoms. The molecule has 0 aliphatic rings. The summed E-state index contributed by atoms with van der Waals surface area (Å²) in [6.07, 6.45) is 3.13. The summed E-state index contributed by atoms with van der Waals surface area (Å²) in [7, 11) is 1.59. The van der Waals surface area contributed by atoms with Crippen LogP contribution in [0.5, 0.6) is 11.5 Å². The van der Waals surface area contributed by atoms with Crippen molar-refractivity contribution < 1.29 is 14.3 Å². The van der Waals surface area contributed by atoms with Gasteiger partial charge in [-0.15, -0.1) is 11.3 Å². The van der Waals surface area contributed by atoms with Crippen LogP contribution in [0.3, 0.4) is 0 Å². The largest absolute Gasteiger partial charge is 0.497 e. The van der Waals surface area contributed by atoms with Crippen LogP contribution < -0.4 is 9.47 Å². The lowest BCUT2D eigenvalue weighted by molar-refractivity contribution is -0.128. The number of ether oxygens (including phenoxy) is 2. The van der Waals surface area contributed by atoms with E-state index in [4.69, 9.17) is 9.47 Å². The summed E-state index contributed by atoms with van der Waals surface area (Å²) < 4.78 is 11.2. The molecule has 0 saturated heterocycles. The van der Waals surface area contributed by atoms with Gasteiger partial charge in [0.2, 0.25) is 0 Å². The van der Waals surface area contributed by atoms with Crippen LogP contribution in [0.25, 0.3) is 6.08 Å². The molecular formula is C14H11BrO3S. The van der Waals surface area contributed by atoms with E-state index in [1.165, 1.54) is 6.08 Å². The SMILES string of the molecule is COc1ccc(OC(=O)/C=C/c2ccc(Br)s2)cc1. The van der Waals surface area contributed by atoms with E-state index in [0.29, 0.717) is 5.75 Å². The molecule has 5 heteroatoms. The number of carbonyl (C=O) groups excluding carboxylic acids is 1. The van der Waals surface area contributed by atoms with Crippen molar-refractivity contribution in [1.82, 2.24) is 0 Å². The maximum Gasteiger partial charge on any atom is 0.336 e. The average molecular weight is 339 g/mol. The van der Waals surface area contributed by atoms with Crippen LogP contribution in [-0.2, 0) is 4.79 Å². The van der Waals surface area contributed by atoms with E-state index in [1.807, 2.05) is 12.1 Å². The van der Waals surface area contributed by atoms with Gasteiger partial charge >= 0.3 is 5.97 Å². The summed E-state index contributed by atoms with van der Waals surface area (Å²) >= 11 is 4.91. The Morgan fingerprint density at radius 2 is 1.84 bits per heavy atom. The van der Waals surface area contributed by atoms with Crippen LogP contribution in [0.1, 0.15) is 4.88 Å². The van der Waals surface area contributed by atoms with E-state index >= 15 is 0 Å². The Kier molecular flexibility index (Phi) is 4.76. The second-order valence-electron chi connectivity index (χ2n) is 3.57. The van der Waals surface area contributed by atoms with E-state index in [-0.39, 0.29) is 0 Å². The fourth-order valence-electron chi connectivity index (χ4n) is 1.36. The molecule has 2 rings (SSSR count). The highest BCUT2D eigenvalue weighted by Gasteiger charge is 2.01. The number of halogens is 1. The quantitative estimate of drug-likeness (QED) is 0.477. The summed E-state index contributed by atoms with van der Waals surface area (Å²) in [5.41, 5.74) is 0. The molecule has 98 valence electrons. The Labute approximate surface area is 123 Å². The Morgan fingerprint density at radius 1 is 1.16 bits per heavy atom. The van der Waals surface area contributed by atoms with Crippen molar-refractivity contribution >= 4 is 39.3 Å². The standard InChI is InChI=1S/C14H11BrO3S/c1-17-10-2-4-11(5-3-10)18-14(16)9-7-12-6-8-13(15)19-12/h2-9H,1H3/b9-7+. The fourth-order valence-corrected chi connectivity index (χ4v) is 2.69. The van der Waals surface area contributed by atoms with Crippen LogP contribution in [0.15, 0.2) is 46.3 Å². The van der Waals surface area contributed by atoms with Gasteiger partial charge in [0, 0.05) is 11.0 Å². The van der Waals surface area contributed by atoms with Gasteiger partial charge in [-0.3, -0.25) is 0 Å². The van der Waals surface area contributed by atoms with Crippen molar-refractivity contribution in [3.8, 4) is 11.5 Å². The molecule has 0 amide bonds. The minimum absolute atomic E-state index is 0.408. The maximum atomic E-state index is 11.6. The van der Waals surface area contributed by atoms with Crippen molar-refractivity contribution in [3.63, 3.8) is 0 Å². The second-order valence-corrected chi connectivity index (χ2v) is 6.07. The number of rotatable bonds is 4. The number of esters is 1. The molecule has 1 aromatic carbocycles. The molecule has 0 aliphatic carbocycles. The van der Waals surface area contributed by atoms with E-state index in [0.717, 1.165) is 14.4 Å². The predicted octanol–water partition coefficient (Wildman–Crippen LogP) is 4.14. The first-order valence-electron chi connectivity index (χ1n) is 5.46. The zero-order valence-corrected chi connectivity index (χ0v) is 12.5. The molecule has 0 radical (unpaired) electrons. The molecule has 19 heavy (non-hydrogen) atoms. The van der Waals surface area contributed by atoms with Crippen LogP contribution >= 0.6 is 27.3 Å². The molecular weight excluding hydrogens is 328 g/mol. The third kappa shape index (κ3) is 4.22. The third-order valence-electron chi connectivity index (χ3n) is 2.26. The zero-order valence-electron chi connectivity index (χ0n) is 10.1. The minimum Gasteiger partial charge on any atom is -0.497 e. The molecule has 0 N–H and O–H groups in total. The molecule has 3 nitrogen and oxygen atoms in total. The van der Waals surface area contributed by atoms with E-state index in [2.05, 4.69) is 15.9 Å². The van der Waals surface area contributed by atoms with Crippen molar-refractivity contribution in [2.24, 2.45) is 0 Å². The average Bonchev–Trinajstić information content (AvgIpc) is 2.83. The van der Waals surface area contributed by atoms with Gasteiger partial charge in [-0.05, 0) is 58.4 Å². The lowest BCUT2D eigenvalue weighted by Crippen LogP contribution is -2.03. The maximum absolute atomic E-state index is 11.6. The highest BCUT2D eigenvalue weighted by Crippen LogP contribution is 2.23. The van der Waals surface area contributed by atoms with E-state index < -0.39 is 5.97 Å². The number of hydrogen-bond donors (Lipinski definition) is 0. The Hall–Kier alpha value is -1.59. The molecule has 1 heterocycles. The predicted molar refractivity (Wildman–Crippen MR) is 79.7 cm³/mol. The first-order chi connectivity index (χ1) is 9.17. The minimum atomic E-state index is -0.408. The fraction of sp³-hybridized carbons (Fsp3) is 0.0714. The van der Waals surface area contributed by atoms with Gasteiger partial charge in [0.05, 0.1) is 10.9 Å². The first kappa shape index (κ1) is 13.8. The van der Waals surface area contributed by atoms with E-state index in [1.54, 1.807) is 48.8 Å². The molecule has 1 aromatic heterocycles. The number of carbonyl (C=O) groups is 1. The summed E-state index contributed by atoms with van der Waals surface area (Å²) in [6, 6.07) is 10.7. The number of hydrogen-bond acceptors (Lipinski definition) is 4. The summed E-state index contributed by atoms with van der Waals surface area (Å²) in [5, 5.41) is 0. The molecule has 0 atom stereocenters. The monoisotopic (exact) mass is 338 g/mol. The Bertz CT molecular complexity index is 587. The number of methoxy groups -OCH3 is 1. The highest BCUT2D eigenvalue weighted by atomic mass is 79.9. The molecule has 0 spiro atoms. The lowest BCUT2D eigenvalue weighted by atomic mass is 10.3. The first-order valence-corrected chi connectivity index (χ1v) is 7.07. The molecule has 0 aliphatic heterocycles. The normalized spacial score (nSPS) is 10.6. The highest BCUT2D eigenvalue weighted by molar-refractivity contribution is 9.11. The zero-order chi connectivity index (χ0) is 13.7. The van der Waals surface area contributed by atoms with E-state index in [9.17, 15) is 4.79 Å². The van der Waals surface area contributed by atoms with Crippen LogP contribution in [-0.4, -0.2) is 13.1 Å². The molecule has 0 saturated carbocycles. The van der Waals surface area contributed by atoms with Crippen LogP contribution in [0.2, 0.25) is 0 Å². The molecule has 0 fully saturated rings. The Morgan fingerprint density at radius 3 is 2.42 bits per heavy atom. The smallest absolute Gasteiger partial charge is 0.336 e. The van der Waals surface area contributed by atoms with Gasteiger partial charge in [-0.2, -0.15) is 0 Å². The number of benzene rings is 1. The van der Waals surface area contributed by atoms with Gasteiger partial charge in [0.25, 0.3) is 0 Å². The topological polar surface area (TPSA) is 35.5 Å². The summed E-state index contributed by atoms with van der Waals surface area (Å²) in [6.45, 7) is 0. The summed E-state index contributed by atoms with van der Waals surface area (Å²) in [5.74, 6) is 0.802. The van der Waals surface area contributed by atoms with Crippen LogP contribution in [0.4, 0.5) is 0 Å². The van der Waals surface area contributed by atoms with Crippen LogP contribution in [0, 0.1) is 0 Å². The third-order valence-corrected chi connectivity index (χ3v) is 3.84. The van der Waals surface area contributed by atoms with Crippen molar-refractivity contribution in [3.05, 3.63) is 51.1 Å². The van der Waals surface area contributed by atoms with Gasteiger partial charge in [-0.1, -0.05) is 0 Å². The van der Waals surface area contributed by atoms with Gasteiger partial charge < -0.3 is 9.47 Å². The van der Waals surface area contributed by atoms with Gasteiger partial charge in [-0.25, -0.2) is 4.79 Å². The van der Waals surface area contributed by atoms with Gasteiger partial charge in [0.1, 0.15) is 11.5 Å². The van der Waals surface area contributed by atoms with Crippen molar-refractivity contribution in [1.29, 1.82) is 0 Å². The Balaban J connectivity index is 1.95. The molecule has 0 unspecified atom stereocenters. The molecule has 2 aromatic rings.